The zero-order valence-corrected chi connectivity index (χ0v) is 14.0. The van der Waals surface area contributed by atoms with Gasteiger partial charge in [0.2, 0.25) is 0 Å². The van der Waals surface area contributed by atoms with Crippen molar-refractivity contribution >= 4 is 11.9 Å². The lowest BCUT2D eigenvalue weighted by Crippen LogP contribution is -2.38. The van der Waals surface area contributed by atoms with E-state index in [1.807, 2.05) is 0 Å². The predicted octanol–water partition coefficient (Wildman–Crippen LogP) is 1.80. The Morgan fingerprint density at radius 3 is 2.62 bits per heavy atom. The third-order valence-corrected chi connectivity index (χ3v) is 3.96. The van der Waals surface area contributed by atoms with Gasteiger partial charge in [-0.1, -0.05) is 0 Å². The van der Waals surface area contributed by atoms with Crippen molar-refractivity contribution in [2.75, 3.05) is 33.9 Å². The SMILES string of the molecule is COc1ccc(C(=O)N(CCC(=O)O)CC2CCCO2)cc1OC. The number of nitrogens with zero attached hydrogens (tertiary/aromatic N) is 1. The first kappa shape index (κ1) is 18.1. The van der Waals surface area contributed by atoms with E-state index in [0.29, 0.717) is 30.2 Å². The molecule has 132 valence electrons. The fraction of sp³-hybridized carbons (Fsp3) is 0.529. The minimum atomic E-state index is -0.938. The molecule has 1 aliphatic rings. The summed E-state index contributed by atoms with van der Waals surface area (Å²) < 4.78 is 16.0. The maximum atomic E-state index is 12.8. The standard InChI is InChI=1S/C17H23NO6/c1-22-14-6-5-12(10-15(14)23-2)17(21)18(8-7-16(19)20)11-13-4-3-9-24-13/h5-6,10,13H,3-4,7-9,11H2,1-2H3,(H,19,20). The first-order valence-corrected chi connectivity index (χ1v) is 7.90. The van der Waals surface area contributed by atoms with Gasteiger partial charge in [-0.2, -0.15) is 0 Å². The topological polar surface area (TPSA) is 85.3 Å². The van der Waals surface area contributed by atoms with Crippen LogP contribution in [0.15, 0.2) is 18.2 Å². The van der Waals surface area contributed by atoms with Crippen LogP contribution < -0.4 is 9.47 Å². The van der Waals surface area contributed by atoms with Gasteiger partial charge in [-0.05, 0) is 31.0 Å². The minimum Gasteiger partial charge on any atom is -0.493 e. The van der Waals surface area contributed by atoms with E-state index in [2.05, 4.69) is 0 Å². The van der Waals surface area contributed by atoms with Gasteiger partial charge in [-0.3, -0.25) is 9.59 Å². The molecule has 1 aromatic rings. The number of carbonyl (C=O) groups is 2. The molecular weight excluding hydrogens is 314 g/mol. The number of amides is 1. The second-order valence-corrected chi connectivity index (χ2v) is 5.60. The van der Waals surface area contributed by atoms with E-state index in [9.17, 15) is 9.59 Å². The van der Waals surface area contributed by atoms with Gasteiger partial charge in [0, 0.05) is 25.3 Å². The van der Waals surface area contributed by atoms with E-state index in [-0.39, 0.29) is 25.0 Å². The summed E-state index contributed by atoms with van der Waals surface area (Å²) in [6.45, 7) is 1.21. The van der Waals surface area contributed by atoms with Gasteiger partial charge in [-0.15, -0.1) is 0 Å². The summed E-state index contributed by atoms with van der Waals surface area (Å²) in [5.74, 6) is -0.191. The smallest absolute Gasteiger partial charge is 0.305 e. The number of hydrogen-bond acceptors (Lipinski definition) is 5. The Morgan fingerprint density at radius 2 is 2.04 bits per heavy atom. The molecule has 1 aliphatic heterocycles. The minimum absolute atomic E-state index is 0.0390. The number of benzene rings is 1. The monoisotopic (exact) mass is 337 g/mol. The van der Waals surface area contributed by atoms with Crippen LogP contribution in [-0.2, 0) is 9.53 Å². The Balaban J connectivity index is 2.16. The fourth-order valence-electron chi connectivity index (χ4n) is 2.69. The highest BCUT2D eigenvalue weighted by molar-refractivity contribution is 5.95. The first-order chi connectivity index (χ1) is 11.5. The van der Waals surface area contributed by atoms with E-state index in [1.54, 1.807) is 18.2 Å². The van der Waals surface area contributed by atoms with Crippen molar-refractivity contribution in [1.29, 1.82) is 0 Å². The largest absolute Gasteiger partial charge is 0.493 e. The average Bonchev–Trinajstić information content (AvgIpc) is 3.10. The molecule has 1 aromatic carbocycles. The van der Waals surface area contributed by atoms with Crippen LogP contribution in [0.2, 0.25) is 0 Å². The lowest BCUT2D eigenvalue weighted by Gasteiger charge is -2.25. The number of carboxylic acid groups (broad SMARTS) is 1. The third kappa shape index (κ3) is 4.61. The Bertz CT molecular complexity index is 582. The Hall–Kier alpha value is -2.28. The molecule has 1 amide bonds. The molecule has 0 spiro atoms. The van der Waals surface area contributed by atoms with Crippen LogP contribution in [0.1, 0.15) is 29.6 Å². The number of rotatable bonds is 8. The van der Waals surface area contributed by atoms with E-state index in [0.717, 1.165) is 12.8 Å². The Labute approximate surface area is 141 Å². The highest BCUT2D eigenvalue weighted by Crippen LogP contribution is 2.28. The van der Waals surface area contributed by atoms with E-state index >= 15 is 0 Å². The maximum Gasteiger partial charge on any atom is 0.305 e. The molecule has 0 saturated carbocycles. The molecule has 1 N–H and O–H groups in total. The zero-order chi connectivity index (χ0) is 17.5. The van der Waals surface area contributed by atoms with Gasteiger partial charge in [-0.25, -0.2) is 0 Å². The van der Waals surface area contributed by atoms with Crippen molar-refractivity contribution in [3.05, 3.63) is 23.8 Å². The molecule has 1 fully saturated rings. The van der Waals surface area contributed by atoms with Gasteiger partial charge in [0.25, 0.3) is 5.91 Å². The van der Waals surface area contributed by atoms with Crippen LogP contribution in [-0.4, -0.2) is 61.9 Å². The van der Waals surface area contributed by atoms with E-state index in [4.69, 9.17) is 19.3 Å². The second-order valence-electron chi connectivity index (χ2n) is 5.60. The van der Waals surface area contributed by atoms with Crippen LogP contribution >= 0.6 is 0 Å². The average molecular weight is 337 g/mol. The molecule has 0 bridgehead atoms. The van der Waals surface area contributed by atoms with Crippen LogP contribution in [0.25, 0.3) is 0 Å². The molecule has 7 heteroatoms. The van der Waals surface area contributed by atoms with E-state index in [1.165, 1.54) is 19.1 Å². The Kier molecular flexibility index (Phi) is 6.43. The molecule has 0 aliphatic carbocycles. The molecule has 7 nitrogen and oxygen atoms in total. The zero-order valence-electron chi connectivity index (χ0n) is 14.0. The number of carboxylic acids is 1. The molecule has 1 heterocycles. The highest BCUT2D eigenvalue weighted by Gasteiger charge is 2.24. The number of aliphatic carboxylic acids is 1. The molecule has 1 atom stereocenters. The molecule has 1 saturated heterocycles. The summed E-state index contributed by atoms with van der Waals surface area (Å²) >= 11 is 0. The number of ether oxygens (including phenoxy) is 3. The summed E-state index contributed by atoms with van der Waals surface area (Å²) in [7, 11) is 3.02. The van der Waals surface area contributed by atoms with Crippen molar-refractivity contribution in [2.24, 2.45) is 0 Å². The molecule has 1 unspecified atom stereocenters. The molecule has 2 rings (SSSR count). The second kappa shape index (κ2) is 8.54. The van der Waals surface area contributed by atoms with Gasteiger partial charge >= 0.3 is 5.97 Å². The molecule has 24 heavy (non-hydrogen) atoms. The summed E-state index contributed by atoms with van der Waals surface area (Å²) in [5.41, 5.74) is 0.427. The molecular formula is C17H23NO6. The van der Waals surface area contributed by atoms with Crippen LogP contribution in [0.4, 0.5) is 0 Å². The van der Waals surface area contributed by atoms with E-state index < -0.39 is 5.97 Å². The lowest BCUT2D eigenvalue weighted by atomic mass is 10.1. The summed E-state index contributed by atoms with van der Waals surface area (Å²) in [5, 5.41) is 8.92. The first-order valence-electron chi connectivity index (χ1n) is 7.90. The number of hydrogen-bond donors (Lipinski definition) is 1. The summed E-state index contributed by atoms with van der Waals surface area (Å²) in [4.78, 5) is 25.2. The van der Waals surface area contributed by atoms with Crippen molar-refractivity contribution in [3.8, 4) is 11.5 Å². The number of methoxy groups -OCH3 is 2. The third-order valence-electron chi connectivity index (χ3n) is 3.96. The van der Waals surface area contributed by atoms with Gasteiger partial charge in [0.1, 0.15) is 0 Å². The normalized spacial score (nSPS) is 16.7. The van der Waals surface area contributed by atoms with Gasteiger partial charge in [0.15, 0.2) is 11.5 Å². The molecule has 0 aromatic heterocycles. The van der Waals surface area contributed by atoms with Crippen LogP contribution in [0, 0.1) is 0 Å². The lowest BCUT2D eigenvalue weighted by molar-refractivity contribution is -0.137. The maximum absolute atomic E-state index is 12.8. The van der Waals surface area contributed by atoms with Crippen molar-refractivity contribution in [3.63, 3.8) is 0 Å². The van der Waals surface area contributed by atoms with Crippen molar-refractivity contribution in [1.82, 2.24) is 4.90 Å². The number of carbonyl (C=O) groups excluding carboxylic acids is 1. The predicted molar refractivity (Wildman–Crippen MR) is 86.7 cm³/mol. The van der Waals surface area contributed by atoms with Gasteiger partial charge in [0.05, 0.1) is 26.7 Å². The van der Waals surface area contributed by atoms with Gasteiger partial charge < -0.3 is 24.2 Å². The summed E-state index contributed by atoms with van der Waals surface area (Å²) in [6.07, 6.45) is 1.69. The molecule has 0 radical (unpaired) electrons. The Morgan fingerprint density at radius 1 is 1.29 bits per heavy atom. The fourth-order valence-corrected chi connectivity index (χ4v) is 2.69. The quantitative estimate of drug-likeness (QED) is 0.778. The van der Waals surface area contributed by atoms with Crippen LogP contribution in [0.3, 0.4) is 0 Å². The van der Waals surface area contributed by atoms with Crippen molar-refractivity contribution in [2.45, 2.75) is 25.4 Å². The summed E-state index contributed by atoms with van der Waals surface area (Å²) in [6, 6.07) is 4.91. The van der Waals surface area contributed by atoms with Crippen molar-refractivity contribution < 1.29 is 28.9 Å². The highest BCUT2D eigenvalue weighted by atomic mass is 16.5. The van der Waals surface area contributed by atoms with Crippen LogP contribution in [0.5, 0.6) is 11.5 Å².